The largest absolute Gasteiger partial charge is 0.359 e. The van der Waals surface area contributed by atoms with E-state index < -0.39 is 0 Å². The molecule has 1 N–H and O–H groups in total. The van der Waals surface area contributed by atoms with Crippen molar-refractivity contribution >= 4 is 16.3 Å². The van der Waals surface area contributed by atoms with E-state index in [4.69, 9.17) is 0 Å². The Balaban J connectivity index is 2.04. The highest BCUT2D eigenvalue weighted by molar-refractivity contribution is 7.16. The maximum Gasteiger partial charge on any atom is 0.110 e. The van der Waals surface area contributed by atoms with Gasteiger partial charge in [-0.05, 0) is 31.9 Å². The first-order chi connectivity index (χ1) is 7.81. The van der Waals surface area contributed by atoms with E-state index >= 15 is 0 Å². The summed E-state index contributed by atoms with van der Waals surface area (Å²) in [6, 6.07) is 3.03. The molecule has 1 aromatic rings. The number of nitriles is 1. The van der Waals surface area contributed by atoms with Crippen LogP contribution >= 0.6 is 11.3 Å². The lowest BCUT2D eigenvalue weighted by atomic mass is 10.0. The Morgan fingerprint density at radius 2 is 2.44 bits per heavy atom. The molecule has 0 aliphatic carbocycles. The molecule has 1 atom stereocenters. The SMILES string of the molecule is CC1CCN1c1sc2c(c1C#N)CCNC2. The number of fused-ring (bicyclic) bond motifs is 1. The van der Waals surface area contributed by atoms with Crippen molar-refractivity contribution in [3.05, 3.63) is 16.0 Å². The molecule has 16 heavy (non-hydrogen) atoms. The molecule has 0 bridgehead atoms. The van der Waals surface area contributed by atoms with Gasteiger partial charge in [0, 0.05) is 24.0 Å². The summed E-state index contributed by atoms with van der Waals surface area (Å²) in [7, 11) is 0. The molecule has 2 aliphatic heterocycles. The van der Waals surface area contributed by atoms with E-state index in [0.717, 1.165) is 31.6 Å². The van der Waals surface area contributed by atoms with Crippen LogP contribution in [0, 0.1) is 11.3 Å². The fraction of sp³-hybridized carbons (Fsp3) is 0.583. The third-order valence-electron chi connectivity index (χ3n) is 3.60. The Bertz CT molecular complexity index is 458. The van der Waals surface area contributed by atoms with Crippen molar-refractivity contribution in [1.82, 2.24) is 5.32 Å². The van der Waals surface area contributed by atoms with Gasteiger partial charge in [-0.3, -0.25) is 0 Å². The first-order valence-electron chi connectivity index (χ1n) is 5.83. The highest BCUT2D eigenvalue weighted by atomic mass is 32.1. The molecule has 84 valence electrons. The van der Waals surface area contributed by atoms with Gasteiger partial charge in [0.05, 0.1) is 5.56 Å². The Labute approximate surface area is 99.7 Å². The lowest BCUT2D eigenvalue weighted by molar-refractivity contribution is 0.484. The fourth-order valence-electron chi connectivity index (χ4n) is 2.46. The van der Waals surface area contributed by atoms with E-state index in [-0.39, 0.29) is 0 Å². The van der Waals surface area contributed by atoms with Crippen LogP contribution in [0.3, 0.4) is 0 Å². The number of anilines is 1. The van der Waals surface area contributed by atoms with Crippen LogP contribution in [0.25, 0.3) is 0 Å². The Kier molecular flexibility index (Phi) is 2.38. The number of rotatable bonds is 1. The van der Waals surface area contributed by atoms with Crippen LogP contribution in [-0.2, 0) is 13.0 Å². The molecular formula is C12H15N3S. The van der Waals surface area contributed by atoms with Crippen LogP contribution < -0.4 is 10.2 Å². The number of thiophene rings is 1. The molecule has 2 aliphatic rings. The number of hydrogen-bond donors (Lipinski definition) is 1. The summed E-state index contributed by atoms with van der Waals surface area (Å²) in [6.07, 6.45) is 2.27. The minimum atomic E-state index is 0.611. The Morgan fingerprint density at radius 3 is 3.06 bits per heavy atom. The molecule has 0 saturated carbocycles. The van der Waals surface area contributed by atoms with Crippen molar-refractivity contribution in [2.75, 3.05) is 18.0 Å². The summed E-state index contributed by atoms with van der Waals surface area (Å²) in [5.41, 5.74) is 2.26. The molecule has 0 aromatic carbocycles. The molecule has 1 saturated heterocycles. The summed E-state index contributed by atoms with van der Waals surface area (Å²) in [5, 5.41) is 13.9. The average molecular weight is 233 g/mol. The highest BCUT2D eigenvalue weighted by Gasteiger charge is 2.30. The van der Waals surface area contributed by atoms with Gasteiger partial charge >= 0.3 is 0 Å². The van der Waals surface area contributed by atoms with Gasteiger partial charge in [0.1, 0.15) is 11.1 Å². The number of nitrogens with one attached hydrogen (secondary N) is 1. The lowest BCUT2D eigenvalue weighted by Gasteiger charge is -2.39. The molecule has 3 heterocycles. The van der Waals surface area contributed by atoms with Gasteiger partial charge in [-0.15, -0.1) is 11.3 Å². The maximum atomic E-state index is 9.33. The molecule has 1 unspecified atom stereocenters. The second-order valence-electron chi connectivity index (χ2n) is 4.55. The molecule has 4 heteroatoms. The fourth-order valence-corrected chi connectivity index (χ4v) is 3.85. The van der Waals surface area contributed by atoms with E-state index in [1.54, 1.807) is 0 Å². The first kappa shape index (κ1) is 10.1. The second kappa shape index (κ2) is 3.76. The monoisotopic (exact) mass is 233 g/mol. The number of nitrogens with zero attached hydrogens (tertiary/aromatic N) is 2. The quantitative estimate of drug-likeness (QED) is 0.805. The van der Waals surface area contributed by atoms with Gasteiger partial charge in [0.2, 0.25) is 0 Å². The standard InChI is InChI=1S/C12H15N3S/c1-8-3-5-15(8)12-10(6-13)9-2-4-14-7-11(9)16-12/h8,14H,2-5,7H2,1H3. The zero-order valence-corrected chi connectivity index (χ0v) is 10.2. The lowest BCUT2D eigenvalue weighted by Crippen LogP contribution is -2.45. The molecule has 0 amide bonds. The zero-order chi connectivity index (χ0) is 11.1. The van der Waals surface area contributed by atoms with Crippen molar-refractivity contribution in [1.29, 1.82) is 5.26 Å². The normalized spacial score (nSPS) is 23.5. The van der Waals surface area contributed by atoms with Gasteiger partial charge in [-0.1, -0.05) is 0 Å². The molecular weight excluding hydrogens is 218 g/mol. The summed E-state index contributed by atoms with van der Waals surface area (Å²) in [4.78, 5) is 3.75. The van der Waals surface area contributed by atoms with Crippen molar-refractivity contribution in [2.45, 2.75) is 32.4 Å². The van der Waals surface area contributed by atoms with Crippen LogP contribution in [0.2, 0.25) is 0 Å². The summed E-state index contributed by atoms with van der Waals surface area (Å²) < 4.78 is 0. The van der Waals surface area contributed by atoms with Crippen molar-refractivity contribution in [2.24, 2.45) is 0 Å². The smallest absolute Gasteiger partial charge is 0.110 e. The summed E-state index contributed by atoms with van der Waals surface area (Å²) in [6.45, 7) is 5.30. The zero-order valence-electron chi connectivity index (χ0n) is 9.42. The molecule has 0 radical (unpaired) electrons. The van der Waals surface area contributed by atoms with Crippen molar-refractivity contribution in [3.63, 3.8) is 0 Å². The predicted molar refractivity (Wildman–Crippen MR) is 65.9 cm³/mol. The Hall–Kier alpha value is -1.05. The van der Waals surface area contributed by atoms with Gasteiger partial charge < -0.3 is 10.2 Å². The first-order valence-corrected chi connectivity index (χ1v) is 6.65. The minimum Gasteiger partial charge on any atom is -0.359 e. The minimum absolute atomic E-state index is 0.611. The van der Waals surface area contributed by atoms with Gasteiger partial charge in [-0.25, -0.2) is 0 Å². The van der Waals surface area contributed by atoms with Crippen LogP contribution in [0.15, 0.2) is 0 Å². The third kappa shape index (κ3) is 1.35. The van der Waals surface area contributed by atoms with Crippen molar-refractivity contribution < 1.29 is 0 Å². The third-order valence-corrected chi connectivity index (χ3v) is 4.87. The van der Waals surface area contributed by atoms with Crippen LogP contribution in [0.1, 0.15) is 29.3 Å². The van der Waals surface area contributed by atoms with Gasteiger partial charge in [0.25, 0.3) is 0 Å². The Morgan fingerprint density at radius 1 is 1.56 bits per heavy atom. The van der Waals surface area contributed by atoms with Gasteiger partial charge in [-0.2, -0.15) is 5.26 Å². The number of hydrogen-bond acceptors (Lipinski definition) is 4. The van der Waals surface area contributed by atoms with Crippen molar-refractivity contribution in [3.8, 4) is 6.07 Å². The highest BCUT2D eigenvalue weighted by Crippen LogP contribution is 2.40. The van der Waals surface area contributed by atoms with E-state index in [1.807, 2.05) is 11.3 Å². The molecule has 1 aromatic heterocycles. The van der Waals surface area contributed by atoms with Crippen LogP contribution in [0.5, 0.6) is 0 Å². The van der Waals surface area contributed by atoms with E-state index in [2.05, 4.69) is 23.2 Å². The predicted octanol–water partition coefficient (Wildman–Crippen LogP) is 1.86. The molecule has 1 fully saturated rings. The topological polar surface area (TPSA) is 39.1 Å². The second-order valence-corrected chi connectivity index (χ2v) is 5.64. The van der Waals surface area contributed by atoms with E-state index in [1.165, 1.54) is 21.9 Å². The van der Waals surface area contributed by atoms with Crippen LogP contribution in [0.4, 0.5) is 5.00 Å². The average Bonchev–Trinajstić information content (AvgIpc) is 2.64. The maximum absolute atomic E-state index is 9.33. The molecule has 3 rings (SSSR count). The van der Waals surface area contributed by atoms with E-state index in [9.17, 15) is 5.26 Å². The van der Waals surface area contributed by atoms with E-state index in [0.29, 0.717) is 6.04 Å². The van der Waals surface area contributed by atoms with Gasteiger partial charge in [0.15, 0.2) is 0 Å². The summed E-state index contributed by atoms with van der Waals surface area (Å²) >= 11 is 1.82. The molecule has 0 spiro atoms. The van der Waals surface area contributed by atoms with Crippen LogP contribution in [-0.4, -0.2) is 19.1 Å². The summed E-state index contributed by atoms with van der Waals surface area (Å²) in [5.74, 6) is 0. The molecule has 3 nitrogen and oxygen atoms in total.